The van der Waals surface area contributed by atoms with Gasteiger partial charge in [0.1, 0.15) is 18.8 Å². The molecule has 0 saturated heterocycles. The van der Waals surface area contributed by atoms with Crippen LogP contribution in [0.3, 0.4) is 0 Å². The molecule has 0 radical (unpaired) electrons. The summed E-state index contributed by atoms with van der Waals surface area (Å²) >= 11 is 0. The van der Waals surface area contributed by atoms with Crippen LogP contribution in [0.5, 0.6) is 0 Å². The van der Waals surface area contributed by atoms with Crippen molar-refractivity contribution in [1.29, 1.82) is 0 Å². The average Bonchev–Trinajstić information content (AvgIpc) is 2.78. The van der Waals surface area contributed by atoms with E-state index in [1.807, 2.05) is 13.8 Å². The highest BCUT2D eigenvalue weighted by Gasteiger charge is 2.51. The first kappa shape index (κ1) is 31.0. The Bertz CT molecular complexity index is 1080. The molecule has 0 fully saturated rings. The molecule has 0 unspecified atom stereocenters. The Hall–Kier alpha value is -3.27. The quantitative estimate of drug-likeness (QED) is 0.318. The molecule has 0 amide bonds. The molecule has 0 aromatic rings. The molecule has 5 atom stereocenters. The van der Waals surface area contributed by atoms with Crippen LogP contribution >= 0.6 is 0 Å². The van der Waals surface area contributed by atoms with Gasteiger partial charge in [-0.3, -0.25) is 24.0 Å². The first-order valence-corrected chi connectivity index (χ1v) is 12.5. The van der Waals surface area contributed by atoms with E-state index in [0.29, 0.717) is 11.1 Å². The number of Topliss-reactive ketones (excluding diaryl/α,β-unsaturated/α-hetero) is 1. The SMILES string of the molecule is CC(=O)OC/C1=C\[C@H](OC(C)=O)[C@@H]2C[C@H](OC(C)=O)C(C)=C([C@@H](OC(C)=O)C(=O)/C(C)=C/C[C@@H]1O)C2(C)C. The zero-order valence-corrected chi connectivity index (χ0v) is 23.3. The summed E-state index contributed by atoms with van der Waals surface area (Å²) in [5.41, 5.74) is 0.622. The third-order valence-corrected chi connectivity index (χ3v) is 7.07. The number of aliphatic hydroxyl groups excluding tert-OH is 1. The number of hydrogen-bond acceptors (Lipinski definition) is 10. The standard InChI is InChI=1S/C28H38O10/c1-14-9-10-22(33)20(13-35-16(3)29)11-24(37-18(5)31)21-12-23(36-17(4)30)15(2)25(28(21,7)8)27(26(14)34)38-19(6)32/h9,11,21-24,27,33H,10,12-13H2,1-8H3/b14-9+,20-11+/t21-,22-,23-,24-,27+/m0/s1. The van der Waals surface area contributed by atoms with Crippen molar-refractivity contribution in [2.75, 3.05) is 6.61 Å². The monoisotopic (exact) mass is 534 g/mol. The summed E-state index contributed by atoms with van der Waals surface area (Å²) in [5, 5.41) is 11.0. The molecular formula is C28H38O10. The van der Waals surface area contributed by atoms with Gasteiger partial charge in [-0.15, -0.1) is 0 Å². The van der Waals surface area contributed by atoms with Gasteiger partial charge in [0.25, 0.3) is 0 Å². The number of fused-ring (bicyclic) bond motifs is 2. The van der Waals surface area contributed by atoms with Crippen LogP contribution in [0.25, 0.3) is 0 Å². The van der Waals surface area contributed by atoms with E-state index in [9.17, 15) is 29.1 Å². The first-order valence-electron chi connectivity index (χ1n) is 12.5. The molecule has 210 valence electrons. The molecule has 0 aromatic carbocycles. The van der Waals surface area contributed by atoms with Crippen molar-refractivity contribution in [3.05, 3.63) is 34.4 Å². The van der Waals surface area contributed by atoms with Gasteiger partial charge in [-0.2, -0.15) is 0 Å². The van der Waals surface area contributed by atoms with E-state index in [1.54, 1.807) is 19.9 Å². The van der Waals surface area contributed by atoms with E-state index in [1.165, 1.54) is 33.8 Å². The minimum Gasteiger partial charge on any atom is -0.461 e. The predicted molar refractivity (Wildman–Crippen MR) is 135 cm³/mol. The van der Waals surface area contributed by atoms with Crippen molar-refractivity contribution in [2.24, 2.45) is 11.3 Å². The normalized spacial score (nSPS) is 30.3. The highest BCUT2D eigenvalue weighted by atomic mass is 16.6. The van der Waals surface area contributed by atoms with Crippen molar-refractivity contribution in [3.63, 3.8) is 0 Å². The average molecular weight is 535 g/mol. The molecule has 0 saturated carbocycles. The fourth-order valence-corrected chi connectivity index (χ4v) is 5.24. The van der Waals surface area contributed by atoms with E-state index < -0.39 is 65.4 Å². The predicted octanol–water partition coefficient (Wildman–Crippen LogP) is 2.91. The van der Waals surface area contributed by atoms with Crippen molar-refractivity contribution in [2.45, 2.75) is 92.6 Å². The van der Waals surface area contributed by atoms with Gasteiger partial charge in [0.2, 0.25) is 5.78 Å². The van der Waals surface area contributed by atoms with E-state index >= 15 is 0 Å². The Balaban J connectivity index is 2.90. The molecule has 0 aliphatic heterocycles. The lowest BCUT2D eigenvalue weighted by molar-refractivity contribution is -0.156. The number of rotatable bonds is 5. The Morgan fingerprint density at radius 3 is 2.05 bits per heavy atom. The number of esters is 4. The minimum absolute atomic E-state index is 0.00752. The van der Waals surface area contributed by atoms with Crippen LogP contribution < -0.4 is 0 Å². The number of ether oxygens (including phenoxy) is 4. The maximum absolute atomic E-state index is 13.7. The maximum atomic E-state index is 13.7. The third kappa shape index (κ3) is 7.40. The zero-order chi connectivity index (χ0) is 28.9. The molecule has 2 aliphatic carbocycles. The van der Waals surface area contributed by atoms with Crippen LogP contribution in [0.1, 0.15) is 68.2 Å². The highest BCUT2D eigenvalue weighted by Crippen LogP contribution is 2.50. The van der Waals surface area contributed by atoms with Crippen molar-refractivity contribution in [1.82, 2.24) is 0 Å². The van der Waals surface area contributed by atoms with Gasteiger partial charge in [-0.1, -0.05) is 19.9 Å². The molecular weight excluding hydrogens is 496 g/mol. The number of aliphatic hydroxyl groups is 1. The lowest BCUT2D eigenvalue weighted by Gasteiger charge is -2.48. The Morgan fingerprint density at radius 1 is 0.947 bits per heavy atom. The van der Waals surface area contributed by atoms with E-state index in [0.717, 1.165) is 0 Å². The van der Waals surface area contributed by atoms with Gasteiger partial charge < -0.3 is 24.1 Å². The van der Waals surface area contributed by atoms with Gasteiger partial charge in [0.15, 0.2) is 6.10 Å². The van der Waals surface area contributed by atoms with Crippen LogP contribution in [-0.4, -0.2) is 65.8 Å². The highest BCUT2D eigenvalue weighted by molar-refractivity contribution is 6.01. The molecule has 0 spiro atoms. The molecule has 2 aliphatic rings. The van der Waals surface area contributed by atoms with Gasteiger partial charge in [0, 0.05) is 33.6 Å². The Morgan fingerprint density at radius 2 is 1.53 bits per heavy atom. The topological polar surface area (TPSA) is 142 Å². The van der Waals surface area contributed by atoms with Crippen molar-refractivity contribution >= 4 is 29.7 Å². The summed E-state index contributed by atoms with van der Waals surface area (Å²) in [6.07, 6.45) is -0.991. The molecule has 2 bridgehead atoms. The second kappa shape index (κ2) is 12.5. The Labute approximate surface area is 223 Å². The van der Waals surface area contributed by atoms with Gasteiger partial charge in [-0.25, -0.2) is 0 Å². The second-order valence-electron chi connectivity index (χ2n) is 10.3. The molecule has 0 aromatic heterocycles. The second-order valence-corrected chi connectivity index (χ2v) is 10.3. The molecule has 0 heterocycles. The Kier molecular flexibility index (Phi) is 10.2. The minimum atomic E-state index is -1.32. The number of carbonyl (C=O) groups excluding carboxylic acids is 5. The fourth-order valence-electron chi connectivity index (χ4n) is 5.24. The summed E-state index contributed by atoms with van der Waals surface area (Å²) in [4.78, 5) is 61.6. The van der Waals surface area contributed by atoms with Gasteiger partial charge in [0.05, 0.1) is 6.10 Å². The van der Waals surface area contributed by atoms with Crippen LogP contribution in [0, 0.1) is 11.3 Å². The van der Waals surface area contributed by atoms with E-state index in [4.69, 9.17) is 18.9 Å². The number of ketones is 1. The first-order chi connectivity index (χ1) is 17.6. The van der Waals surface area contributed by atoms with Gasteiger partial charge >= 0.3 is 23.9 Å². The van der Waals surface area contributed by atoms with E-state index in [2.05, 4.69) is 0 Å². The van der Waals surface area contributed by atoms with Crippen LogP contribution in [0.15, 0.2) is 34.4 Å². The largest absolute Gasteiger partial charge is 0.461 e. The van der Waals surface area contributed by atoms with Crippen molar-refractivity contribution in [3.8, 4) is 0 Å². The number of carbonyl (C=O) groups is 5. The maximum Gasteiger partial charge on any atom is 0.303 e. The summed E-state index contributed by atoms with van der Waals surface area (Å²) in [7, 11) is 0. The summed E-state index contributed by atoms with van der Waals surface area (Å²) in [6.45, 7) is 11.6. The smallest absolute Gasteiger partial charge is 0.303 e. The fraction of sp³-hybridized carbons (Fsp3) is 0.607. The summed E-state index contributed by atoms with van der Waals surface area (Å²) < 4.78 is 22.1. The summed E-state index contributed by atoms with van der Waals surface area (Å²) in [5.74, 6) is -3.48. The van der Waals surface area contributed by atoms with E-state index in [-0.39, 0.29) is 30.6 Å². The van der Waals surface area contributed by atoms with Crippen LogP contribution in [-0.2, 0) is 42.9 Å². The van der Waals surface area contributed by atoms with Crippen LogP contribution in [0.4, 0.5) is 0 Å². The van der Waals surface area contributed by atoms with Crippen LogP contribution in [0.2, 0.25) is 0 Å². The summed E-state index contributed by atoms with van der Waals surface area (Å²) in [6, 6.07) is 0. The van der Waals surface area contributed by atoms with Crippen molar-refractivity contribution < 1.29 is 48.0 Å². The zero-order valence-electron chi connectivity index (χ0n) is 23.3. The third-order valence-electron chi connectivity index (χ3n) is 7.07. The molecule has 10 nitrogen and oxygen atoms in total. The lowest BCUT2D eigenvalue weighted by Crippen LogP contribution is -2.49. The molecule has 2 rings (SSSR count). The lowest BCUT2D eigenvalue weighted by atomic mass is 9.60. The molecule has 1 N–H and O–H groups in total. The molecule has 10 heteroatoms. The number of hydrogen-bond donors (Lipinski definition) is 1. The molecule has 38 heavy (non-hydrogen) atoms. The van der Waals surface area contributed by atoms with Gasteiger partial charge in [-0.05, 0) is 60.5 Å².